The standard InChI is InChI=1S/C12H10ClN5O/c1-17-7-2-15-9(13)16-8(7)18(10(17)19)12-3-11(4-12,5-12)6-14/h2H,3-5H2,1H3. The highest BCUT2D eigenvalue weighted by Crippen LogP contribution is 2.71. The van der Waals surface area contributed by atoms with Gasteiger partial charge in [-0.1, -0.05) is 0 Å². The summed E-state index contributed by atoms with van der Waals surface area (Å²) in [5.41, 5.74) is 0.685. The van der Waals surface area contributed by atoms with Gasteiger partial charge < -0.3 is 0 Å². The first-order valence-corrected chi connectivity index (χ1v) is 6.40. The molecule has 0 N–H and O–H groups in total. The molecule has 5 rings (SSSR count). The molecule has 0 atom stereocenters. The molecule has 2 aromatic heterocycles. The minimum Gasteiger partial charge on any atom is -0.292 e. The molecule has 2 aromatic rings. The van der Waals surface area contributed by atoms with Gasteiger partial charge in [0.05, 0.1) is 23.2 Å². The van der Waals surface area contributed by atoms with Crippen molar-refractivity contribution in [3.05, 3.63) is 22.0 Å². The fourth-order valence-electron chi connectivity index (χ4n) is 3.61. The first-order valence-electron chi connectivity index (χ1n) is 6.02. The van der Waals surface area contributed by atoms with Crippen LogP contribution in [0.1, 0.15) is 19.3 Å². The van der Waals surface area contributed by atoms with Crippen LogP contribution in [0.25, 0.3) is 11.2 Å². The molecule has 0 aliphatic heterocycles. The molecule has 3 saturated carbocycles. The zero-order valence-electron chi connectivity index (χ0n) is 10.2. The molecule has 0 radical (unpaired) electrons. The summed E-state index contributed by atoms with van der Waals surface area (Å²) in [7, 11) is 1.70. The Balaban J connectivity index is 1.97. The number of hydrogen-bond donors (Lipinski definition) is 0. The molecule has 7 heteroatoms. The summed E-state index contributed by atoms with van der Waals surface area (Å²) in [5, 5.41) is 9.22. The van der Waals surface area contributed by atoms with Crippen molar-refractivity contribution in [2.75, 3.05) is 0 Å². The van der Waals surface area contributed by atoms with Crippen molar-refractivity contribution in [2.24, 2.45) is 12.5 Å². The normalized spacial score (nSPS) is 31.6. The summed E-state index contributed by atoms with van der Waals surface area (Å²) in [4.78, 5) is 20.5. The van der Waals surface area contributed by atoms with Gasteiger partial charge >= 0.3 is 5.69 Å². The van der Waals surface area contributed by atoms with Crippen LogP contribution in [0.2, 0.25) is 5.28 Å². The molecule has 6 nitrogen and oxygen atoms in total. The van der Waals surface area contributed by atoms with Gasteiger partial charge in [0.2, 0.25) is 5.28 Å². The number of nitrogens with zero attached hydrogens (tertiary/aromatic N) is 5. The first kappa shape index (κ1) is 11.0. The Hall–Kier alpha value is -1.87. The van der Waals surface area contributed by atoms with Gasteiger partial charge in [0.25, 0.3) is 0 Å². The van der Waals surface area contributed by atoms with Crippen molar-refractivity contribution >= 4 is 22.8 Å². The van der Waals surface area contributed by atoms with Gasteiger partial charge in [-0.25, -0.2) is 9.78 Å². The third-order valence-electron chi connectivity index (χ3n) is 4.49. The second-order valence-corrected chi connectivity index (χ2v) is 6.01. The van der Waals surface area contributed by atoms with Crippen LogP contribution in [0, 0.1) is 16.7 Å². The molecule has 2 heterocycles. The maximum Gasteiger partial charge on any atom is 0.330 e. The number of halogens is 1. The molecule has 0 spiro atoms. The van der Waals surface area contributed by atoms with E-state index in [2.05, 4.69) is 16.0 Å². The molecular weight excluding hydrogens is 266 g/mol. The molecule has 0 unspecified atom stereocenters. The van der Waals surface area contributed by atoms with Gasteiger partial charge in [0, 0.05) is 7.05 Å². The van der Waals surface area contributed by atoms with Crippen LogP contribution in [0.3, 0.4) is 0 Å². The fourth-order valence-corrected chi connectivity index (χ4v) is 3.74. The Morgan fingerprint density at radius 2 is 2.16 bits per heavy atom. The fraction of sp³-hybridized carbons (Fsp3) is 0.500. The van der Waals surface area contributed by atoms with Crippen molar-refractivity contribution in [1.82, 2.24) is 19.1 Å². The number of nitriles is 1. The lowest BCUT2D eigenvalue weighted by Crippen LogP contribution is -2.68. The van der Waals surface area contributed by atoms with E-state index in [0.717, 1.165) is 19.3 Å². The summed E-state index contributed by atoms with van der Waals surface area (Å²) < 4.78 is 3.24. The van der Waals surface area contributed by atoms with Crippen LogP contribution < -0.4 is 5.69 Å². The van der Waals surface area contributed by atoms with Crippen molar-refractivity contribution in [3.63, 3.8) is 0 Å². The predicted octanol–water partition coefficient (Wildman–Crippen LogP) is 1.19. The van der Waals surface area contributed by atoms with Crippen molar-refractivity contribution in [3.8, 4) is 6.07 Å². The van der Waals surface area contributed by atoms with Crippen molar-refractivity contribution in [2.45, 2.75) is 24.8 Å². The van der Waals surface area contributed by atoms with Crippen LogP contribution in [0.4, 0.5) is 0 Å². The lowest BCUT2D eigenvalue weighted by Gasteiger charge is -2.66. The Bertz CT molecular complexity index is 807. The van der Waals surface area contributed by atoms with E-state index in [1.807, 2.05) is 0 Å². The predicted molar refractivity (Wildman–Crippen MR) is 67.7 cm³/mol. The van der Waals surface area contributed by atoms with Crippen LogP contribution >= 0.6 is 11.6 Å². The Labute approximate surface area is 113 Å². The topological polar surface area (TPSA) is 76.5 Å². The monoisotopic (exact) mass is 275 g/mol. The third-order valence-corrected chi connectivity index (χ3v) is 4.67. The van der Waals surface area contributed by atoms with E-state index in [4.69, 9.17) is 16.9 Å². The average molecular weight is 276 g/mol. The zero-order valence-corrected chi connectivity index (χ0v) is 11.0. The number of fused-ring (bicyclic) bond motifs is 1. The van der Waals surface area contributed by atoms with E-state index < -0.39 is 0 Å². The van der Waals surface area contributed by atoms with E-state index in [-0.39, 0.29) is 21.9 Å². The molecular formula is C12H10ClN5O. The summed E-state index contributed by atoms with van der Waals surface area (Å²) in [6, 6.07) is 2.34. The molecule has 2 bridgehead atoms. The number of hydrogen-bond acceptors (Lipinski definition) is 4. The second-order valence-electron chi connectivity index (χ2n) is 5.67. The summed E-state index contributed by atoms with van der Waals surface area (Å²) in [5.74, 6) is 0. The summed E-state index contributed by atoms with van der Waals surface area (Å²) in [6.45, 7) is 0. The lowest BCUT2D eigenvalue weighted by molar-refractivity contribution is -0.145. The maximum absolute atomic E-state index is 12.4. The number of aryl methyl sites for hydroxylation is 1. The molecule has 0 amide bonds. The van der Waals surface area contributed by atoms with E-state index in [0.29, 0.717) is 11.2 Å². The quantitative estimate of drug-likeness (QED) is 0.733. The molecule has 0 saturated heterocycles. The van der Waals surface area contributed by atoms with E-state index in [1.165, 1.54) is 4.57 Å². The minimum atomic E-state index is -0.232. The van der Waals surface area contributed by atoms with Gasteiger partial charge in [-0.05, 0) is 30.9 Å². The first-order chi connectivity index (χ1) is 9.00. The highest BCUT2D eigenvalue weighted by molar-refractivity contribution is 6.28. The molecule has 3 fully saturated rings. The van der Waals surface area contributed by atoms with Gasteiger partial charge in [0.1, 0.15) is 5.52 Å². The summed E-state index contributed by atoms with van der Waals surface area (Å²) in [6.07, 6.45) is 3.76. The highest BCUT2D eigenvalue weighted by Gasteiger charge is 2.70. The van der Waals surface area contributed by atoms with Gasteiger partial charge in [-0.2, -0.15) is 10.2 Å². The number of imidazole rings is 1. The zero-order chi connectivity index (χ0) is 13.4. The average Bonchev–Trinajstić information content (AvgIpc) is 2.51. The van der Waals surface area contributed by atoms with Crippen molar-refractivity contribution < 1.29 is 0 Å². The smallest absolute Gasteiger partial charge is 0.292 e. The minimum absolute atomic E-state index is 0.113. The van der Waals surface area contributed by atoms with Crippen LogP contribution in [-0.2, 0) is 12.6 Å². The highest BCUT2D eigenvalue weighted by atomic mass is 35.5. The van der Waals surface area contributed by atoms with Gasteiger partial charge in [-0.15, -0.1) is 0 Å². The number of rotatable bonds is 1. The van der Waals surface area contributed by atoms with Crippen molar-refractivity contribution in [1.29, 1.82) is 5.26 Å². The van der Waals surface area contributed by atoms with E-state index in [9.17, 15) is 4.79 Å². The Morgan fingerprint density at radius 3 is 2.79 bits per heavy atom. The maximum atomic E-state index is 12.4. The van der Waals surface area contributed by atoms with Crippen LogP contribution in [0.5, 0.6) is 0 Å². The van der Waals surface area contributed by atoms with Gasteiger partial charge in [0.15, 0.2) is 5.65 Å². The van der Waals surface area contributed by atoms with E-state index >= 15 is 0 Å². The molecule has 0 aromatic carbocycles. The molecule has 3 aliphatic rings. The summed E-state index contributed by atoms with van der Waals surface area (Å²) >= 11 is 5.83. The van der Waals surface area contributed by atoms with Crippen LogP contribution in [0.15, 0.2) is 11.0 Å². The van der Waals surface area contributed by atoms with E-state index in [1.54, 1.807) is 17.8 Å². The lowest BCUT2D eigenvalue weighted by atomic mass is 9.40. The molecule has 19 heavy (non-hydrogen) atoms. The molecule has 96 valence electrons. The third kappa shape index (κ3) is 1.10. The molecule has 3 aliphatic carbocycles. The Morgan fingerprint density at radius 1 is 1.47 bits per heavy atom. The Kier molecular flexibility index (Phi) is 1.73. The second kappa shape index (κ2) is 2.99. The SMILES string of the molecule is Cn1c(=O)n(C23CC(C#N)(C2)C3)c2nc(Cl)ncc21. The van der Waals surface area contributed by atoms with Crippen LogP contribution in [-0.4, -0.2) is 19.1 Å². The largest absolute Gasteiger partial charge is 0.330 e. The van der Waals surface area contributed by atoms with Gasteiger partial charge in [-0.3, -0.25) is 9.13 Å². The number of aromatic nitrogens is 4.